The number of carbonyl (C=O) groups excluding carboxylic acids is 1. The van der Waals surface area contributed by atoms with Crippen molar-refractivity contribution in [3.05, 3.63) is 114 Å². The zero-order chi connectivity index (χ0) is 24.2. The van der Waals surface area contributed by atoms with E-state index in [9.17, 15) is 4.79 Å². The van der Waals surface area contributed by atoms with Crippen LogP contribution in [0.2, 0.25) is 0 Å². The van der Waals surface area contributed by atoms with Gasteiger partial charge in [0.1, 0.15) is 0 Å². The third-order valence-corrected chi connectivity index (χ3v) is 8.42. The van der Waals surface area contributed by atoms with Gasteiger partial charge in [-0.15, -0.1) is 0 Å². The average molecular weight is 462 g/mol. The smallest absolute Gasteiger partial charge is 0.263 e. The first kappa shape index (κ1) is 19.9. The Kier molecular flexibility index (Phi) is 3.70. The van der Waals surface area contributed by atoms with Crippen LogP contribution in [0.5, 0.6) is 0 Å². The van der Waals surface area contributed by atoms with E-state index in [0.29, 0.717) is 0 Å². The molecule has 3 aliphatic heterocycles. The molecule has 3 aliphatic rings. The second-order valence-electron chi connectivity index (χ2n) is 10.6. The molecule has 0 radical (unpaired) electrons. The van der Waals surface area contributed by atoms with E-state index in [1.165, 1.54) is 27.4 Å². The quantitative estimate of drug-likeness (QED) is 0.293. The van der Waals surface area contributed by atoms with Gasteiger partial charge in [0.25, 0.3) is 0 Å². The molecule has 0 saturated carbocycles. The van der Waals surface area contributed by atoms with Gasteiger partial charge in [0.15, 0.2) is 0 Å². The summed E-state index contributed by atoms with van der Waals surface area (Å²) in [7, 11) is 0. The molecule has 2 amide bonds. The maximum absolute atomic E-state index is 14.6. The van der Waals surface area contributed by atoms with Gasteiger partial charge in [-0.25, -0.2) is 4.79 Å². The molecule has 3 heterocycles. The summed E-state index contributed by atoms with van der Waals surface area (Å²) in [5, 5.41) is 2.33. The summed E-state index contributed by atoms with van der Waals surface area (Å²) >= 11 is 0. The summed E-state index contributed by atoms with van der Waals surface area (Å²) in [6, 6.07) is 36.3. The van der Waals surface area contributed by atoms with E-state index < -0.39 is 0 Å². The van der Waals surface area contributed by atoms with E-state index in [1.54, 1.807) is 0 Å². The summed E-state index contributed by atoms with van der Waals surface area (Å²) in [4.78, 5) is 18.5. The first-order chi connectivity index (χ1) is 17.6. The van der Waals surface area contributed by atoms with Crippen molar-refractivity contribution in [1.29, 1.82) is 0 Å². The average Bonchev–Trinajstić information content (AvgIpc) is 2.91. The fraction of sp³-hybridized carbons (Fsp3) is 0.0938. The van der Waals surface area contributed by atoms with Crippen LogP contribution in [0.15, 0.2) is 103 Å². The van der Waals surface area contributed by atoms with E-state index in [0.717, 1.165) is 33.6 Å². The Hall–Kier alpha value is -4.31. The molecule has 0 bridgehead atoms. The summed E-state index contributed by atoms with van der Waals surface area (Å²) in [6.07, 6.45) is 0. The molecule has 0 aliphatic carbocycles. The van der Waals surface area contributed by atoms with E-state index in [2.05, 4.69) is 105 Å². The molecule has 170 valence electrons. The molecule has 8 rings (SSSR count). The molecule has 0 unspecified atom stereocenters. The van der Waals surface area contributed by atoms with Crippen LogP contribution in [-0.4, -0.2) is 12.7 Å². The number of para-hydroxylation sites is 2. The Morgan fingerprint density at radius 2 is 1.28 bits per heavy atom. The van der Waals surface area contributed by atoms with Crippen molar-refractivity contribution >= 4 is 62.7 Å². The number of hydrogen-bond donors (Lipinski definition) is 0. The van der Waals surface area contributed by atoms with Crippen molar-refractivity contribution < 1.29 is 4.79 Å². The van der Waals surface area contributed by atoms with Gasteiger partial charge in [-0.1, -0.05) is 110 Å². The predicted molar refractivity (Wildman–Crippen MR) is 150 cm³/mol. The normalized spacial score (nSPS) is 16.2. The van der Waals surface area contributed by atoms with Crippen LogP contribution in [0.3, 0.4) is 0 Å². The summed E-state index contributed by atoms with van der Waals surface area (Å²) in [6.45, 7) is 4.61. The van der Waals surface area contributed by atoms with Crippen molar-refractivity contribution in [1.82, 2.24) is 0 Å². The Morgan fingerprint density at radius 3 is 2.11 bits per heavy atom. The molecule has 5 aromatic carbocycles. The Bertz CT molecular complexity index is 1760. The lowest BCUT2D eigenvalue weighted by Gasteiger charge is -2.48. The highest BCUT2D eigenvalue weighted by molar-refractivity contribution is 6.98. The molecule has 0 fully saturated rings. The van der Waals surface area contributed by atoms with Crippen LogP contribution in [0.25, 0.3) is 10.8 Å². The van der Waals surface area contributed by atoms with Crippen LogP contribution in [0.4, 0.5) is 27.5 Å². The van der Waals surface area contributed by atoms with Gasteiger partial charge in [-0.05, 0) is 39.6 Å². The number of carbonyl (C=O) groups is 1. The molecule has 0 atom stereocenters. The minimum absolute atomic E-state index is 0.00869. The van der Waals surface area contributed by atoms with Crippen LogP contribution in [-0.2, 0) is 5.41 Å². The standard InChI is InChI=1S/C32H23BN2O/c1-32(2)22-12-6-8-14-26(22)34-29-23(32)18-16-20-17-19-25-30(28(20)29)35(31(34)36)27-15-9-7-13-24(27)33(25)21-10-4-3-5-11-21/h3-19H,1-2H3. The predicted octanol–water partition coefficient (Wildman–Crippen LogP) is 5.72. The first-order valence-corrected chi connectivity index (χ1v) is 12.5. The third-order valence-electron chi connectivity index (χ3n) is 8.42. The Morgan fingerprint density at radius 1 is 0.611 bits per heavy atom. The maximum Gasteiger partial charge on any atom is 0.338 e. The van der Waals surface area contributed by atoms with Gasteiger partial charge < -0.3 is 0 Å². The Labute approximate surface area is 210 Å². The molecule has 0 spiro atoms. The van der Waals surface area contributed by atoms with Crippen LogP contribution >= 0.6 is 0 Å². The largest absolute Gasteiger partial charge is 0.338 e. The second-order valence-corrected chi connectivity index (χ2v) is 10.6. The van der Waals surface area contributed by atoms with Gasteiger partial charge in [-0.3, -0.25) is 9.80 Å². The van der Waals surface area contributed by atoms with E-state index in [-0.39, 0.29) is 18.2 Å². The zero-order valence-corrected chi connectivity index (χ0v) is 20.2. The number of amides is 2. The summed E-state index contributed by atoms with van der Waals surface area (Å²) in [5.74, 6) is 0. The molecule has 5 aromatic rings. The van der Waals surface area contributed by atoms with E-state index >= 15 is 0 Å². The lowest BCUT2D eigenvalue weighted by Crippen LogP contribution is -2.61. The number of nitrogens with zero attached hydrogens (tertiary/aromatic N) is 2. The first-order valence-electron chi connectivity index (χ1n) is 12.5. The number of urea groups is 1. The van der Waals surface area contributed by atoms with Crippen molar-refractivity contribution in [2.24, 2.45) is 0 Å². The number of hydrogen-bond acceptors (Lipinski definition) is 1. The minimum atomic E-state index is -0.215. The monoisotopic (exact) mass is 462 g/mol. The van der Waals surface area contributed by atoms with Gasteiger partial charge >= 0.3 is 6.03 Å². The lowest BCUT2D eigenvalue weighted by molar-refractivity contribution is 0.255. The van der Waals surface area contributed by atoms with Gasteiger partial charge in [-0.2, -0.15) is 0 Å². The van der Waals surface area contributed by atoms with Crippen LogP contribution in [0.1, 0.15) is 25.0 Å². The SMILES string of the molecule is CC1(C)c2ccccc2N2C(=O)N3c4ccccc4B(c4ccccc4)c4ccc5ccc1c2c5c43. The highest BCUT2D eigenvalue weighted by atomic mass is 16.2. The summed E-state index contributed by atoms with van der Waals surface area (Å²) in [5.41, 5.74) is 9.77. The van der Waals surface area contributed by atoms with Gasteiger partial charge in [0.2, 0.25) is 6.71 Å². The third kappa shape index (κ3) is 2.27. The fourth-order valence-electron chi connectivity index (χ4n) is 6.80. The highest BCUT2D eigenvalue weighted by Gasteiger charge is 2.48. The number of rotatable bonds is 1. The van der Waals surface area contributed by atoms with Crippen molar-refractivity contribution in [2.45, 2.75) is 19.3 Å². The number of fused-ring (bicyclic) bond motifs is 4. The maximum atomic E-state index is 14.6. The molecular formula is C32H23BN2O. The topological polar surface area (TPSA) is 23.6 Å². The van der Waals surface area contributed by atoms with Gasteiger partial charge in [0, 0.05) is 16.5 Å². The Balaban J connectivity index is 1.56. The van der Waals surface area contributed by atoms with Crippen molar-refractivity contribution in [3.63, 3.8) is 0 Å². The highest BCUT2D eigenvalue weighted by Crippen LogP contribution is 2.56. The number of benzene rings is 5. The fourth-order valence-corrected chi connectivity index (χ4v) is 6.80. The molecule has 0 saturated heterocycles. The summed E-state index contributed by atoms with van der Waals surface area (Å²) < 4.78 is 0. The van der Waals surface area contributed by atoms with E-state index in [4.69, 9.17) is 0 Å². The van der Waals surface area contributed by atoms with Crippen molar-refractivity contribution in [3.8, 4) is 0 Å². The van der Waals surface area contributed by atoms with E-state index in [1.807, 2.05) is 21.9 Å². The molecule has 4 heteroatoms. The molecule has 36 heavy (non-hydrogen) atoms. The molecule has 3 nitrogen and oxygen atoms in total. The molecular weight excluding hydrogens is 439 g/mol. The lowest BCUT2D eigenvalue weighted by atomic mass is 9.35. The van der Waals surface area contributed by atoms with Crippen LogP contribution < -0.4 is 26.2 Å². The zero-order valence-electron chi connectivity index (χ0n) is 20.2. The van der Waals surface area contributed by atoms with Gasteiger partial charge in [0.05, 0.1) is 17.1 Å². The second kappa shape index (κ2) is 6.67. The molecule has 0 aromatic heterocycles. The minimum Gasteiger partial charge on any atom is -0.263 e. The van der Waals surface area contributed by atoms with Crippen LogP contribution in [0, 0.1) is 0 Å². The number of anilines is 4. The molecule has 0 N–H and O–H groups in total. The van der Waals surface area contributed by atoms with Crippen molar-refractivity contribution in [2.75, 3.05) is 9.80 Å².